The van der Waals surface area contributed by atoms with E-state index < -0.39 is 0 Å². The van der Waals surface area contributed by atoms with Crippen LogP contribution in [0.15, 0.2) is 97.5 Å². The van der Waals surface area contributed by atoms with E-state index in [1.807, 2.05) is 48.7 Å². The maximum Gasteiger partial charge on any atom is 0.254 e. The number of pyridine rings is 1. The predicted octanol–water partition coefficient (Wildman–Crippen LogP) is 6.55. The van der Waals surface area contributed by atoms with Gasteiger partial charge < -0.3 is 4.90 Å². The quantitative estimate of drug-likeness (QED) is 0.291. The third kappa shape index (κ3) is 4.44. The summed E-state index contributed by atoms with van der Waals surface area (Å²) in [6.45, 7) is 0.557. The summed E-state index contributed by atoms with van der Waals surface area (Å²) in [6.07, 6.45) is 9.33. The molecule has 3 aromatic carbocycles. The second-order valence-electron chi connectivity index (χ2n) is 9.60. The molecule has 5 aromatic rings. The molecule has 36 heavy (non-hydrogen) atoms. The SMILES string of the molecule is O=C(c1ccc2nccnc2c1)N(Cc1ccnc2ccccc12)C1CCC(c2ccccc2)CC1. The average Bonchev–Trinajstić information content (AvgIpc) is 2.96. The largest absolute Gasteiger partial charge is 0.331 e. The maximum absolute atomic E-state index is 14.0. The normalized spacial score (nSPS) is 17.8. The minimum absolute atomic E-state index is 0.0478. The Morgan fingerprint density at radius 2 is 1.44 bits per heavy atom. The number of hydrogen-bond donors (Lipinski definition) is 0. The van der Waals surface area contributed by atoms with Gasteiger partial charge in [0.15, 0.2) is 0 Å². The van der Waals surface area contributed by atoms with Gasteiger partial charge in [-0.2, -0.15) is 0 Å². The van der Waals surface area contributed by atoms with Crippen LogP contribution in [0.3, 0.4) is 0 Å². The molecule has 0 radical (unpaired) electrons. The summed E-state index contributed by atoms with van der Waals surface area (Å²) >= 11 is 0. The van der Waals surface area contributed by atoms with E-state index in [9.17, 15) is 4.79 Å². The number of carbonyl (C=O) groups excluding carboxylic acids is 1. The molecule has 1 saturated carbocycles. The van der Waals surface area contributed by atoms with E-state index in [0.717, 1.165) is 53.2 Å². The highest BCUT2D eigenvalue weighted by Gasteiger charge is 2.30. The van der Waals surface area contributed by atoms with Crippen LogP contribution in [0, 0.1) is 0 Å². The molecule has 0 unspecified atom stereocenters. The smallest absolute Gasteiger partial charge is 0.254 e. The molecule has 0 spiro atoms. The zero-order valence-corrected chi connectivity index (χ0v) is 20.1. The summed E-state index contributed by atoms with van der Waals surface area (Å²) in [6, 6.07) is 26.8. The summed E-state index contributed by atoms with van der Waals surface area (Å²) in [5.74, 6) is 0.601. The molecule has 1 aliphatic carbocycles. The topological polar surface area (TPSA) is 59.0 Å². The number of rotatable bonds is 5. The second-order valence-corrected chi connectivity index (χ2v) is 9.60. The fourth-order valence-corrected chi connectivity index (χ4v) is 5.55. The highest BCUT2D eigenvalue weighted by molar-refractivity contribution is 5.97. The number of fused-ring (bicyclic) bond motifs is 2. The van der Waals surface area contributed by atoms with Crippen LogP contribution in [0.1, 0.15) is 53.1 Å². The first-order chi connectivity index (χ1) is 17.8. The summed E-state index contributed by atoms with van der Waals surface area (Å²) in [5.41, 5.74) is 5.68. The van der Waals surface area contributed by atoms with Gasteiger partial charge in [0.05, 0.1) is 16.6 Å². The number of amides is 1. The van der Waals surface area contributed by atoms with Crippen molar-refractivity contribution in [1.29, 1.82) is 0 Å². The number of para-hydroxylation sites is 1. The van der Waals surface area contributed by atoms with Crippen molar-refractivity contribution in [2.75, 3.05) is 0 Å². The molecule has 6 rings (SSSR count). The number of aromatic nitrogens is 3. The molecule has 1 fully saturated rings. The fourth-order valence-electron chi connectivity index (χ4n) is 5.55. The molecule has 0 N–H and O–H groups in total. The van der Waals surface area contributed by atoms with Crippen molar-refractivity contribution in [3.8, 4) is 0 Å². The maximum atomic E-state index is 14.0. The minimum atomic E-state index is 0.0478. The van der Waals surface area contributed by atoms with Crippen LogP contribution in [-0.2, 0) is 6.54 Å². The summed E-state index contributed by atoms with van der Waals surface area (Å²) in [4.78, 5) is 29.4. The van der Waals surface area contributed by atoms with Crippen molar-refractivity contribution in [1.82, 2.24) is 19.9 Å². The molecule has 1 aliphatic rings. The van der Waals surface area contributed by atoms with Crippen molar-refractivity contribution in [2.24, 2.45) is 0 Å². The second kappa shape index (κ2) is 9.86. The van der Waals surface area contributed by atoms with Gasteiger partial charge >= 0.3 is 0 Å². The Morgan fingerprint density at radius 3 is 2.28 bits per heavy atom. The monoisotopic (exact) mass is 472 g/mol. The molecule has 2 aromatic heterocycles. The molecule has 0 bridgehead atoms. The lowest BCUT2D eigenvalue weighted by Crippen LogP contribution is -2.41. The molecule has 0 aliphatic heterocycles. The molecule has 5 heteroatoms. The Hall–Kier alpha value is -4.12. The summed E-state index contributed by atoms with van der Waals surface area (Å²) in [5, 5.41) is 1.10. The van der Waals surface area contributed by atoms with Gasteiger partial charge in [-0.05, 0) is 73.1 Å². The Kier molecular flexibility index (Phi) is 6.12. The first-order valence-electron chi connectivity index (χ1n) is 12.7. The Balaban J connectivity index is 1.32. The zero-order valence-electron chi connectivity index (χ0n) is 20.1. The van der Waals surface area contributed by atoms with E-state index >= 15 is 0 Å². The molecular formula is C31H28N4O. The number of nitrogens with zero attached hydrogens (tertiary/aromatic N) is 4. The van der Waals surface area contributed by atoms with E-state index in [1.165, 1.54) is 5.56 Å². The van der Waals surface area contributed by atoms with Crippen LogP contribution in [0.5, 0.6) is 0 Å². The minimum Gasteiger partial charge on any atom is -0.331 e. The Labute approximate surface area is 210 Å². The van der Waals surface area contributed by atoms with Gasteiger partial charge in [0.2, 0.25) is 0 Å². The third-order valence-corrected chi connectivity index (χ3v) is 7.47. The van der Waals surface area contributed by atoms with E-state index in [0.29, 0.717) is 18.0 Å². The highest BCUT2D eigenvalue weighted by atomic mass is 16.2. The lowest BCUT2D eigenvalue weighted by Gasteiger charge is -2.37. The van der Waals surface area contributed by atoms with Gasteiger partial charge in [-0.3, -0.25) is 19.7 Å². The van der Waals surface area contributed by atoms with Crippen LogP contribution < -0.4 is 0 Å². The van der Waals surface area contributed by atoms with Gasteiger partial charge in [0.25, 0.3) is 5.91 Å². The first-order valence-corrected chi connectivity index (χ1v) is 12.7. The van der Waals surface area contributed by atoms with E-state index in [-0.39, 0.29) is 11.9 Å². The van der Waals surface area contributed by atoms with E-state index in [1.54, 1.807) is 12.4 Å². The highest BCUT2D eigenvalue weighted by Crippen LogP contribution is 2.36. The van der Waals surface area contributed by atoms with Crippen LogP contribution in [0.4, 0.5) is 0 Å². The summed E-state index contributed by atoms with van der Waals surface area (Å²) < 4.78 is 0. The zero-order chi connectivity index (χ0) is 24.3. The Morgan fingerprint density at radius 1 is 0.722 bits per heavy atom. The molecule has 5 nitrogen and oxygen atoms in total. The molecule has 2 heterocycles. The van der Waals surface area contributed by atoms with Crippen molar-refractivity contribution >= 4 is 27.8 Å². The lowest BCUT2D eigenvalue weighted by molar-refractivity contribution is 0.0607. The molecular weight excluding hydrogens is 444 g/mol. The summed E-state index contributed by atoms with van der Waals surface area (Å²) in [7, 11) is 0. The van der Waals surface area contributed by atoms with Crippen LogP contribution in [-0.4, -0.2) is 31.8 Å². The van der Waals surface area contributed by atoms with Gasteiger partial charge in [-0.1, -0.05) is 48.5 Å². The van der Waals surface area contributed by atoms with E-state index in [4.69, 9.17) is 0 Å². The van der Waals surface area contributed by atoms with E-state index in [2.05, 4.69) is 56.3 Å². The number of hydrogen-bond acceptors (Lipinski definition) is 4. The van der Waals surface area contributed by atoms with Gasteiger partial charge in [0, 0.05) is 42.1 Å². The van der Waals surface area contributed by atoms with Crippen molar-refractivity contribution in [3.63, 3.8) is 0 Å². The predicted molar refractivity (Wildman–Crippen MR) is 143 cm³/mol. The number of benzene rings is 3. The number of carbonyl (C=O) groups is 1. The molecule has 178 valence electrons. The van der Waals surface area contributed by atoms with Crippen molar-refractivity contribution < 1.29 is 4.79 Å². The molecule has 0 saturated heterocycles. The van der Waals surface area contributed by atoms with Gasteiger partial charge in [-0.15, -0.1) is 0 Å². The molecule has 0 atom stereocenters. The van der Waals surface area contributed by atoms with Crippen LogP contribution >= 0.6 is 0 Å². The molecule has 1 amide bonds. The average molecular weight is 473 g/mol. The van der Waals surface area contributed by atoms with Crippen LogP contribution in [0.25, 0.3) is 21.9 Å². The first kappa shape index (κ1) is 22.4. The van der Waals surface area contributed by atoms with Gasteiger partial charge in [0.1, 0.15) is 0 Å². The van der Waals surface area contributed by atoms with Crippen molar-refractivity contribution in [2.45, 2.75) is 44.2 Å². The van der Waals surface area contributed by atoms with Crippen molar-refractivity contribution in [3.05, 3.63) is 114 Å². The van der Waals surface area contributed by atoms with Crippen LogP contribution in [0.2, 0.25) is 0 Å². The standard InChI is InChI=1S/C31H28N4O/c36-31(24-12-15-29-30(20-24)34-19-18-33-29)35(21-25-16-17-32-28-9-5-4-8-27(25)28)26-13-10-23(11-14-26)22-6-2-1-3-7-22/h1-9,12,15-20,23,26H,10-11,13-14,21H2. The lowest BCUT2D eigenvalue weighted by atomic mass is 9.81. The fraction of sp³-hybridized carbons (Fsp3) is 0.226. The van der Waals surface area contributed by atoms with Gasteiger partial charge in [-0.25, -0.2) is 0 Å². The third-order valence-electron chi connectivity index (χ3n) is 7.47. The Bertz CT molecular complexity index is 1500.